The highest BCUT2D eigenvalue weighted by atomic mass is 15.2. The molecule has 1 fully saturated rings. The van der Waals surface area contributed by atoms with E-state index in [1.807, 2.05) is 0 Å². The lowest BCUT2D eigenvalue weighted by Crippen LogP contribution is -2.47. The summed E-state index contributed by atoms with van der Waals surface area (Å²) in [6, 6.07) is 0. The van der Waals surface area contributed by atoms with Gasteiger partial charge in [-0.25, -0.2) is 0 Å². The Balaban J connectivity index is 2.25. The fourth-order valence-corrected chi connectivity index (χ4v) is 2.37. The van der Waals surface area contributed by atoms with E-state index >= 15 is 0 Å². The first-order chi connectivity index (χ1) is 8.58. The van der Waals surface area contributed by atoms with E-state index in [4.69, 9.17) is 0 Å². The van der Waals surface area contributed by atoms with E-state index in [1.165, 1.54) is 39.3 Å². The first-order valence-electron chi connectivity index (χ1n) is 7.38. The lowest BCUT2D eigenvalue weighted by molar-refractivity contribution is 0.169. The van der Waals surface area contributed by atoms with Crippen molar-refractivity contribution in [1.82, 2.24) is 20.0 Å². The van der Waals surface area contributed by atoms with Crippen LogP contribution in [0.2, 0.25) is 0 Å². The van der Waals surface area contributed by atoms with Crippen molar-refractivity contribution in [2.24, 2.45) is 5.92 Å². The molecule has 0 aromatic carbocycles. The van der Waals surface area contributed by atoms with Gasteiger partial charge in [0.25, 0.3) is 0 Å². The van der Waals surface area contributed by atoms with Gasteiger partial charge in [-0.05, 0) is 20.0 Å². The van der Waals surface area contributed by atoms with Crippen LogP contribution in [0.15, 0.2) is 0 Å². The predicted octanol–water partition coefficient (Wildman–Crippen LogP) is 0.411. The minimum atomic E-state index is 0.759. The molecule has 0 bridgehead atoms. The van der Waals surface area contributed by atoms with Crippen molar-refractivity contribution in [3.8, 4) is 0 Å². The van der Waals surface area contributed by atoms with Gasteiger partial charge in [-0.15, -0.1) is 0 Å². The second kappa shape index (κ2) is 8.86. The molecule has 1 aliphatic rings. The Morgan fingerprint density at radius 1 is 1.06 bits per heavy atom. The Hall–Kier alpha value is -0.160. The number of nitrogens with zero attached hydrogens (tertiary/aromatic N) is 3. The van der Waals surface area contributed by atoms with Gasteiger partial charge in [-0.2, -0.15) is 0 Å². The van der Waals surface area contributed by atoms with Crippen molar-refractivity contribution >= 4 is 0 Å². The maximum absolute atomic E-state index is 3.41. The smallest absolute Gasteiger partial charge is 0.0110 e. The zero-order valence-corrected chi connectivity index (χ0v) is 12.8. The van der Waals surface area contributed by atoms with Crippen LogP contribution in [0, 0.1) is 5.92 Å². The quantitative estimate of drug-likeness (QED) is 0.679. The van der Waals surface area contributed by atoms with E-state index in [0.717, 1.165) is 25.6 Å². The van der Waals surface area contributed by atoms with Crippen LogP contribution in [-0.4, -0.2) is 87.7 Å². The molecule has 0 aromatic heterocycles. The van der Waals surface area contributed by atoms with Crippen LogP contribution in [0.1, 0.15) is 13.8 Å². The van der Waals surface area contributed by atoms with Gasteiger partial charge in [0, 0.05) is 58.9 Å². The van der Waals surface area contributed by atoms with Crippen LogP contribution in [0.4, 0.5) is 0 Å². The van der Waals surface area contributed by atoms with Crippen molar-refractivity contribution in [1.29, 1.82) is 0 Å². The first kappa shape index (κ1) is 15.9. The van der Waals surface area contributed by atoms with E-state index in [0.29, 0.717) is 0 Å². The van der Waals surface area contributed by atoms with E-state index in [2.05, 4.69) is 48.0 Å². The highest BCUT2D eigenvalue weighted by Gasteiger charge is 2.12. The number of hydrogen-bond donors (Lipinski definition) is 1. The lowest BCUT2D eigenvalue weighted by Gasteiger charge is -2.31. The predicted molar refractivity (Wildman–Crippen MR) is 79.1 cm³/mol. The number of nitrogens with one attached hydrogen (secondary N) is 1. The van der Waals surface area contributed by atoms with Crippen LogP contribution in [0.25, 0.3) is 0 Å². The zero-order valence-electron chi connectivity index (χ0n) is 12.8. The molecule has 0 atom stereocenters. The minimum absolute atomic E-state index is 0.759. The maximum atomic E-state index is 3.41. The Morgan fingerprint density at radius 2 is 1.72 bits per heavy atom. The molecule has 4 nitrogen and oxygen atoms in total. The molecule has 0 amide bonds. The Labute approximate surface area is 113 Å². The molecule has 0 radical (unpaired) electrons. The summed E-state index contributed by atoms with van der Waals surface area (Å²) in [6.45, 7) is 15.4. The Morgan fingerprint density at radius 3 is 2.28 bits per heavy atom. The van der Waals surface area contributed by atoms with E-state index in [-0.39, 0.29) is 0 Å². The van der Waals surface area contributed by atoms with Crippen LogP contribution < -0.4 is 5.32 Å². The Bertz CT molecular complexity index is 200. The molecule has 1 rings (SSSR count). The molecule has 0 saturated carbocycles. The standard InChI is InChI=1S/C14H32N4/c1-14(2)13-18(10-9-16(3)4)12-11-17-7-5-15-6-8-17/h14-15H,5-13H2,1-4H3. The summed E-state index contributed by atoms with van der Waals surface area (Å²) < 4.78 is 0. The molecule has 0 spiro atoms. The van der Waals surface area contributed by atoms with Crippen molar-refractivity contribution in [2.75, 3.05) is 73.0 Å². The van der Waals surface area contributed by atoms with E-state index in [1.54, 1.807) is 0 Å². The van der Waals surface area contributed by atoms with Gasteiger partial charge in [0.1, 0.15) is 0 Å². The van der Waals surface area contributed by atoms with Gasteiger partial charge in [0.2, 0.25) is 0 Å². The summed E-state index contributed by atoms with van der Waals surface area (Å²) in [5.74, 6) is 0.759. The topological polar surface area (TPSA) is 21.8 Å². The van der Waals surface area contributed by atoms with Crippen LogP contribution in [-0.2, 0) is 0 Å². The van der Waals surface area contributed by atoms with Gasteiger partial charge in [-0.1, -0.05) is 13.8 Å². The zero-order chi connectivity index (χ0) is 13.4. The molecular weight excluding hydrogens is 224 g/mol. The maximum Gasteiger partial charge on any atom is 0.0110 e. The molecule has 4 heteroatoms. The van der Waals surface area contributed by atoms with Crippen molar-refractivity contribution < 1.29 is 0 Å². The van der Waals surface area contributed by atoms with Crippen molar-refractivity contribution in [3.05, 3.63) is 0 Å². The van der Waals surface area contributed by atoms with Crippen LogP contribution in [0.5, 0.6) is 0 Å². The summed E-state index contributed by atoms with van der Waals surface area (Å²) in [4.78, 5) is 7.48. The van der Waals surface area contributed by atoms with Gasteiger partial charge in [-0.3, -0.25) is 4.90 Å². The van der Waals surface area contributed by atoms with Gasteiger partial charge >= 0.3 is 0 Å². The number of likely N-dealkylation sites (N-methyl/N-ethyl adjacent to an activating group) is 1. The second-order valence-electron chi connectivity index (χ2n) is 6.09. The van der Waals surface area contributed by atoms with E-state index < -0.39 is 0 Å². The average Bonchev–Trinajstić information content (AvgIpc) is 2.33. The Kier molecular flexibility index (Phi) is 7.82. The number of hydrogen-bond acceptors (Lipinski definition) is 4. The van der Waals surface area contributed by atoms with Crippen LogP contribution in [0.3, 0.4) is 0 Å². The van der Waals surface area contributed by atoms with Crippen LogP contribution >= 0.6 is 0 Å². The largest absolute Gasteiger partial charge is 0.314 e. The third kappa shape index (κ3) is 7.31. The normalized spacial score (nSPS) is 18.2. The monoisotopic (exact) mass is 256 g/mol. The van der Waals surface area contributed by atoms with Gasteiger partial charge in [0.15, 0.2) is 0 Å². The van der Waals surface area contributed by atoms with Crippen molar-refractivity contribution in [2.45, 2.75) is 13.8 Å². The van der Waals surface area contributed by atoms with Crippen molar-refractivity contribution in [3.63, 3.8) is 0 Å². The van der Waals surface area contributed by atoms with E-state index in [9.17, 15) is 0 Å². The molecule has 1 N–H and O–H groups in total. The average molecular weight is 256 g/mol. The molecule has 1 saturated heterocycles. The number of rotatable bonds is 8. The molecular formula is C14H32N4. The third-order valence-corrected chi connectivity index (χ3v) is 3.43. The molecule has 0 aliphatic carbocycles. The second-order valence-corrected chi connectivity index (χ2v) is 6.09. The third-order valence-electron chi connectivity index (χ3n) is 3.43. The summed E-state index contributed by atoms with van der Waals surface area (Å²) in [6.07, 6.45) is 0. The summed E-state index contributed by atoms with van der Waals surface area (Å²) in [5, 5.41) is 3.41. The fourth-order valence-electron chi connectivity index (χ4n) is 2.37. The van der Waals surface area contributed by atoms with Gasteiger partial charge in [0.05, 0.1) is 0 Å². The molecule has 0 unspecified atom stereocenters. The number of piperazine rings is 1. The summed E-state index contributed by atoms with van der Waals surface area (Å²) in [7, 11) is 4.31. The fraction of sp³-hybridized carbons (Fsp3) is 1.00. The SMILES string of the molecule is CC(C)CN(CCN(C)C)CCN1CCNCC1. The molecule has 18 heavy (non-hydrogen) atoms. The lowest BCUT2D eigenvalue weighted by atomic mass is 10.2. The molecule has 108 valence electrons. The summed E-state index contributed by atoms with van der Waals surface area (Å²) in [5.41, 5.74) is 0. The summed E-state index contributed by atoms with van der Waals surface area (Å²) >= 11 is 0. The molecule has 1 aliphatic heterocycles. The molecule has 0 aromatic rings. The first-order valence-corrected chi connectivity index (χ1v) is 7.38. The highest BCUT2D eigenvalue weighted by Crippen LogP contribution is 2.00. The minimum Gasteiger partial charge on any atom is -0.314 e. The molecule has 1 heterocycles. The highest BCUT2D eigenvalue weighted by molar-refractivity contribution is 4.70. The van der Waals surface area contributed by atoms with Gasteiger partial charge < -0.3 is 15.1 Å².